The van der Waals surface area contributed by atoms with Crippen molar-refractivity contribution in [1.82, 2.24) is 0 Å². The number of fused-ring (bicyclic) bond motifs is 1. The fourth-order valence-corrected chi connectivity index (χ4v) is 3.93. The molecule has 3 rings (SSSR count). The number of ether oxygens (including phenoxy) is 2. The molecule has 29 heavy (non-hydrogen) atoms. The molecule has 1 heterocycles. The molecule has 1 aliphatic rings. The number of benzene rings is 2. The lowest BCUT2D eigenvalue weighted by atomic mass is 10.1. The zero-order chi connectivity index (χ0) is 21.2. The monoisotopic (exact) mass is 418 g/mol. The summed E-state index contributed by atoms with van der Waals surface area (Å²) in [4.78, 5) is 24.6. The van der Waals surface area contributed by atoms with Gasteiger partial charge in [0, 0.05) is 5.69 Å². The normalized spacial score (nSPS) is 15.8. The van der Waals surface area contributed by atoms with Crippen LogP contribution < -0.4 is 14.4 Å². The van der Waals surface area contributed by atoms with Crippen LogP contribution in [0.15, 0.2) is 42.5 Å². The molecular formula is C20H22N2O6S. The van der Waals surface area contributed by atoms with Crippen molar-refractivity contribution in [3.63, 3.8) is 0 Å². The van der Waals surface area contributed by atoms with Gasteiger partial charge in [-0.1, -0.05) is 12.1 Å². The number of nitrogens with zero attached hydrogens (tertiary/aromatic N) is 1. The van der Waals surface area contributed by atoms with Crippen LogP contribution in [0.5, 0.6) is 5.75 Å². The lowest BCUT2D eigenvalue weighted by molar-refractivity contribution is -0.122. The predicted octanol–water partition coefficient (Wildman–Crippen LogP) is 2.34. The Morgan fingerprint density at radius 2 is 1.97 bits per heavy atom. The van der Waals surface area contributed by atoms with Crippen LogP contribution in [-0.2, 0) is 19.6 Å². The van der Waals surface area contributed by atoms with Crippen molar-refractivity contribution in [2.75, 3.05) is 29.0 Å². The third kappa shape index (κ3) is 4.51. The molecular weight excluding hydrogens is 396 g/mol. The number of esters is 1. The Bertz CT molecular complexity index is 1050. The highest BCUT2D eigenvalue weighted by Crippen LogP contribution is 2.34. The summed E-state index contributed by atoms with van der Waals surface area (Å²) in [5.41, 5.74) is 1.94. The van der Waals surface area contributed by atoms with E-state index in [0.29, 0.717) is 28.3 Å². The van der Waals surface area contributed by atoms with Crippen LogP contribution in [0.1, 0.15) is 22.8 Å². The number of amides is 1. The van der Waals surface area contributed by atoms with Crippen molar-refractivity contribution in [3.8, 4) is 5.75 Å². The molecule has 0 fully saturated rings. The first-order valence-electron chi connectivity index (χ1n) is 9.02. The van der Waals surface area contributed by atoms with Crippen LogP contribution >= 0.6 is 0 Å². The van der Waals surface area contributed by atoms with E-state index in [9.17, 15) is 18.0 Å². The molecule has 0 aromatic heterocycles. The van der Waals surface area contributed by atoms with Crippen LogP contribution in [0.3, 0.4) is 0 Å². The van der Waals surface area contributed by atoms with Crippen molar-refractivity contribution >= 4 is 33.3 Å². The van der Waals surface area contributed by atoms with Gasteiger partial charge in [0.15, 0.2) is 6.10 Å². The highest BCUT2D eigenvalue weighted by Gasteiger charge is 2.35. The number of hydrogen-bond acceptors (Lipinski definition) is 6. The molecule has 0 bridgehead atoms. The third-order valence-electron chi connectivity index (χ3n) is 4.42. The first-order chi connectivity index (χ1) is 13.7. The maximum absolute atomic E-state index is 12.8. The Morgan fingerprint density at radius 1 is 1.24 bits per heavy atom. The van der Waals surface area contributed by atoms with Gasteiger partial charge in [0.2, 0.25) is 10.0 Å². The predicted molar refractivity (Wildman–Crippen MR) is 109 cm³/mol. The van der Waals surface area contributed by atoms with E-state index in [1.54, 1.807) is 56.3 Å². The molecule has 0 spiro atoms. The summed E-state index contributed by atoms with van der Waals surface area (Å²) < 4.78 is 36.2. The van der Waals surface area contributed by atoms with Gasteiger partial charge in [-0.2, -0.15) is 0 Å². The SMILES string of the molecule is CCOC(=O)c1ccc(NC(=O)C2CN(S(C)(=O)=O)c3ccccc3O2)c(C)c1. The number of anilines is 2. The number of sulfonamides is 1. The van der Waals surface area contributed by atoms with E-state index < -0.39 is 28.0 Å². The van der Waals surface area contributed by atoms with Crippen molar-refractivity contribution in [3.05, 3.63) is 53.6 Å². The number of carbonyl (C=O) groups excluding carboxylic acids is 2. The highest BCUT2D eigenvalue weighted by atomic mass is 32.2. The van der Waals surface area contributed by atoms with Gasteiger partial charge in [-0.05, 0) is 49.7 Å². The minimum Gasteiger partial charge on any atom is -0.476 e. The second-order valence-corrected chi connectivity index (χ2v) is 8.51. The van der Waals surface area contributed by atoms with Crippen LogP contribution in [0.4, 0.5) is 11.4 Å². The maximum Gasteiger partial charge on any atom is 0.338 e. The Kier molecular flexibility index (Phi) is 5.78. The molecule has 0 saturated heterocycles. The van der Waals surface area contributed by atoms with E-state index in [0.717, 1.165) is 10.6 Å². The first-order valence-corrected chi connectivity index (χ1v) is 10.9. The molecule has 2 aromatic rings. The van der Waals surface area contributed by atoms with Crippen LogP contribution in [0.2, 0.25) is 0 Å². The standard InChI is InChI=1S/C20H22N2O6S/c1-4-27-20(24)14-9-10-15(13(2)11-14)21-19(23)18-12-22(29(3,25)26)16-7-5-6-8-17(16)28-18/h5-11,18H,4,12H2,1-3H3,(H,21,23). The summed E-state index contributed by atoms with van der Waals surface area (Å²) in [6, 6.07) is 11.4. The molecule has 1 atom stereocenters. The molecule has 2 aromatic carbocycles. The van der Waals surface area contributed by atoms with Gasteiger partial charge in [0.1, 0.15) is 5.75 Å². The Labute approximate surface area is 169 Å². The Balaban J connectivity index is 1.80. The Hall–Kier alpha value is -3.07. The van der Waals surface area contributed by atoms with E-state index in [2.05, 4.69) is 5.32 Å². The molecule has 1 unspecified atom stereocenters. The first kappa shape index (κ1) is 20.7. The maximum atomic E-state index is 12.8. The molecule has 9 heteroatoms. The molecule has 0 saturated carbocycles. The number of carbonyl (C=O) groups is 2. The second kappa shape index (κ2) is 8.12. The highest BCUT2D eigenvalue weighted by molar-refractivity contribution is 7.92. The lowest BCUT2D eigenvalue weighted by Crippen LogP contribution is -2.48. The molecule has 154 valence electrons. The van der Waals surface area contributed by atoms with E-state index in [-0.39, 0.29) is 13.2 Å². The number of hydrogen-bond donors (Lipinski definition) is 1. The van der Waals surface area contributed by atoms with Gasteiger partial charge in [0.05, 0.1) is 30.7 Å². The summed E-state index contributed by atoms with van der Waals surface area (Å²) in [6.07, 6.45) is 0.0613. The Morgan fingerprint density at radius 3 is 2.62 bits per heavy atom. The summed E-state index contributed by atoms with van der Waals surface area (Å²) in [7, 11) is -3.59. The van der Waals surface area contributed by atoms with Crippen LogP contribution in [-0.4, -0.2) is 45.8 Å². The quantitative estimate of drug-likeness (QED) is 0.748. The fraction of sp³-hybridized carbons (Fsp3) is 0.300. The minimum atomic E-state index is -3.59. The largest absolute Gasteiger partial charge is 0.476 e. The number of aryl methyl sites for hydroxylation is 1. The van der Waals surface area contributed by atoms with Gasteiger partial charge < -0.3 is 14.8 Å². The van der Waals surface area contributed by atoms with Crippen molar-refractivity contribution < 1.29 is 27.5 Å². The number of para-hydroxylation sites is 2. The fourth-order valence-electron chi connectivity index (χ4n) is 3.01. The number of rotatable bonds is 5. The zero-order valence-corrected chi connectivity index (χ0v) is 17.2. The van der Waals surface area contributed by atoms with E-state index in [1.807, 2.05) is 0 Å². The van der Waals surface area contributed by atoms with Crippen molar-refractivity contribution in [2.24, 2.45) is 0 Å². The van der Waals surface area contributed by atoms with Crippen LogP contribution in [0.25, 0.3) is 0 Å². The van der Waals surface area contributed by atoms with Gasteiger partial charge in [-0.25, -0.2) is 13.2 Å². The molecule has 1 amide bonds. The molecule has 0 aliphatic carbocycles. The molecule has 1 N–H and O–H groups in total. The number of nitrogens with one attached hydrogen (secondary N) is 1. The second-order valence-electron chi connectivity index (χ2n) is 6.61. The summed E-state index contributed by atoms with van der Waals surface area (Å²) in [6.45, 7) is 3.61. The van der Waals surface area contributed by atoms with E-state index >= 15 is 0 Å². The summed E-state index contributed by atoms with van der Waals surface area (Å²) >= 11 is 0. The van der Waals surface area contributed by atoms with Crippen molar-refractivity contribution in [2.45, 2.75) is 20.0 Å². The summed E-state index contributed by atoms with van der Waals surface area (Å²) in [5, 5.41) is 2.74. The van der Waals surface area contributed by atoms with E-state index in [4.69, 9.17) is 9.47 Å². The lowest BCUT2D eigenvalue weighted by Gasteiger charge is -2.33. The zero-order valence-electron chi connectivity index (χ0n) is 16.3. The topological polar surface area (TPSA) is 102 Å². The molecule has 1 aliphatic heterocycles. The van der Waals surface area contributed by atoms with Gasteiger partial charge >= 0.3 is 5.97 Å². The average Bonchev–Trinajstić information content (AvgIpc) is 2.68. The minimum absolute atomic E-state index is 0.137. The van der Waals surface area contributed by atoms with E-state index in [1.165, 1.54) is 0 Å². The molecule has 8 nitrogen and oxygen atoms in total. The van der Waals surface area contributed by atoms with Crippen LogP contribution in [0, 0.1) is 6.92 Å². The van der Waals surface area contributed by atoms with Gasteiger partial charge in [0.25, 0.3) is 5.91 Å². The smallest absolute Gasteiger partial charge is 0.338 e. The van der Waals surface area contributed by atoms with Crippen molar-refractivity contribution in [1.29, 1.82) is 0 Å². The van der Waals surface area contributed by atoms with Gasteiger partial charge in [-0.3, -0.25) is 9.10 Å². The summed E-state index contributed by atoms with van der Waals surface area (Å²) in [5.74, 6) is -0.608. The van der Waals surface area contributed by atoms with Gasteiger partial charge in [-0.15, -0.1) is 0 Å². The molecule has 0 radical (unpaired) electrons. The third-order valence-corrected chi connectivity index (χ3v) is 5.57. The average molecular weight is 418 g/mol.